The molecule has 6 heteroatoms. The molecule has 0 aliphatic rings. The zero-order chi connectivity index (χ0) is 12.8. The molecule has 3 N–H and O–H groups in total. The SMILES string of the molecule is NC(=NO)c1cccc(CSc2ccncn2)c1. The normalized spacial score (nSPS) is 11.4. The lowest BCUT2D eigenvalue weighted by atomic mass is 10.1. The van der Waals surface area contributed by atoms with Crippen LogP contribution in [0.25, 0.3) is 0 Å². The highest BCUT2D eigenvalue weighted by Gasteiger charge is 2.02. The monoisotopic (exact) mass is 260 g/mol. The molecule has 1 heterocycles. The lowest BCUT2D eigenvalue weighted by molar-refractivity contribution is 0.318. The Labute approximate surface area is 109 Å². The minimum atomic E-state index is 0.115. The third-order valence-electron chi connectivity index (χ3n) is 2.27. The van der Waals surface area contributed by atoms with Gasteiger partial charge in [0.25, 0.3) is 0 Å². The molecule has 0 saturated carbocycles. The van der Waals surface area contributed by atoms with Gasteiger partial charge in [0.15, 0.2) is 5.84 Å². The van der Waals surface area contributed by atoms with Crippen molar-refractivity contribution in [1.82, 2.24) is 9.97 Å². The molecule has 5 nitrogen and oxygen atoms in total. The average molecular weight is 260 g/mol. The number of nitrogens with zero attached hydrogens (tertiary/aromatic N) is 3. The smallest absolute Gasteiger partial charge is 0.170 e. The van der Waals surface area contributed by atoms with Gasteiger partial charge in [-0.3, -0.25) is 0 Å². The second kappa shape index (κ2) is 6.02. The Hall–Kier alpha value is -2.08. The summed E-state index contributed by atoms with van der Waals surface area (Å²) in [4.78, 5) is 8.00. The molecule has 2 rings (SSSR count). The standard InChI is InChI=1S/C12H12N4OS/c13-12(16-17)10-3-1-2-9(6-10)7-18-11-4-5-14-8-15-11/h1-6,8,17H,7H2,(H2,13,16). The molecule has 0 spiro atoms. The van der Waals surface area contributed by atoms with Crippen LogP contribution in [-0.4, -0.2) is 21.0 Å². The summed E-state index contributed by atoms with van der Waals surface area (Å²) in [5.74, 6) is 0.882. The number of benzene rings is 1. The van der Waals surface area contributed by atoms with Gasteiger partial charge < -0.3 is 10.9 Å². The second-order valence-corrected chi connectivity index (χ2v) is 4.52. The van der Waals surface area contributed by atoms with Crippen molar-refractivity contribution in [3.8, 4) is 0 Å². The Kier molecular flexibility index (Phi) is 4.14. The minimum Gasteiger partial charge on any atom is -0.409 e. The van der Waals surface area contributed by atoms with Gasteiger partial charge in [-0.2, -0.15) is 0 Å². The minimum absolute atomic E-state index is 0.115. The Morgan fingerprint density at radius 1 is 1.39 bits per heavy atom. The third kappa shape index (κ3) is 3.21. The van der Waals surface area contributed by atoms with E-state index >= 15 is 0 Å². The highest BCUT2D eigenvalue weighted by molar-refractivity contribution is 7.98. The number of amidine groups is 1. The van der Waals surface area contributed by atoms with Crippen molar-refractivity contribution < 1.29 is 5.21 Å². The number of nitrogens with two attached hydrogens (primary N) is 1. The van der Waals surface area contributed by atoms with E-state index in [0.29, 0.717) is 5.56 Å². The van der Waals surface area contributed by atoms with Gasteiger partial charge in [0.05, 0.1) is 5.03 Å². The van der Waals surface area contributed by atoms with Crippen LogP contribution in [0.3, 0.4) is 0 Å². The number of oxime groups is 1. The molecule has 0 amide bonds. The topological polar surface area (TPSA) is 84.4 Å². The predicted molar refractivity (Wildman–Crippen MR) is 70.5 cm³/mol. The van der Waals surface area contributed by atoms with Crippen LogP contribution in [0.2, 0.25) is 0 Å². The number of thioether (sulfide) groups is 1. The van der Waals surface area contributed by atoms with E-state index in [1.807, 2.05) is 24.3 Å². The summed E-state index contributed by atoms with van der Waals surface area (Å²) >= 11 is 1.61. The van der Waals surface area contributed by atoms with Crippen LogP contribution in [0.5, 0.6) is 0 Å². The summed E-state index contributed by atoms with van der Waals surface area (Å²) in [5, 5.41) is 12.5. The van der Waals surface area contributed by atoms with Crippen molar-refractivity contribution in [3.63, 3.8) is 0 Å². The summed E-state index contributed by atoms with van der Waals surface area (Å²) < 4.78 is 0. The van der Waals surface area contributed by atoms with Crippen LogP contribution in [-0.2, 0) is 5.75 Å². The van der Waals surface area contributed by atoms with E-state index in [2.05, 4.69) is 15.1 Å². The Morgan fingerprint density at radius 3 is 3.00 bits per heavy atom. The first-order chi connectivity index (χ1) is 8.79. The van der Waals surface area contributed by atoms with Gasteiger partial charge in [-0.15, -0.1) is 11.8 Å². The van der Waals surface area contributed by atoms with Crippen molar-refractivity contribution >= 4 is 17.6 Å². The molecule has 0 fully saturated rings. The summed E-state index contributed by atoms with van der Waals surface area (Å²) in [5.41, 5.74) is 7.34. The predicted octanol–water partition coefficient (Wildman–Crippen LogP) is 1.86. The van der Waals surface area contributed by atoms with E-state index in [1.165, 1.54) is 6.33 Å². The molecule has 0 aliphatic carbocycles. The molecule has 0 radical (unpaired) electrons. The molecular weight excluding hydrogens is 248 g/mol. The van der Waals surface area contributed by atoms with E-state index in [9.17, 15) is 0 Å². The summed E-state index contributed by atoms with van der Waals surface area (Å²) in [7, 11) is 0. The number of rotatable bonds is 4. The van der Waals surface area contributed by atoms with Gasteiger partial charge in [0.2, 0.25) is 0 Å². The highest BCUT2D eigenvalue weighted by Crippen LogP contribution is 2.20. The summed E-state index contributed by atoms with van der Waals surface area (Å²) in [6.07, 6.45) is 3.23. The second-order valence-electron chi connectivity index (χ2n) is 3.52. The number of hydrogen-bond acceptors (Lipinski definition) is 5. The Balaban J connectivity index is 2.06. The first kappa shape index (κ1) is 12.4. The maximum atomic E-state index is 8.63. The maximum Gasteiger partial charge on any atom is 0.170 e. The lowest BCUT2D eigenvalue weighted by Crippen LogP contribution is -2.13. The highest BCUT2D eigenvalue weighted by atomic mass is 32.2. The summed E-state index contributed by atoms with van der Waals surface area (Å²) in [6.45, 7) is 0. The van der Waals surface area contributed by atoms with Crippen molar-refractivity contribution in [2.24, 2.45) is 10.9 Å². The molecule has 1 aromatic carbocycles. The van der Waals surface area contributed by atoms with Gasteiger partial charge in [-0.05, 0) is 17.7 Å². The number of aromatic nitrogens is 2. The number of hydrogen-bond donors (Lipinski definition) is 2. The molecule has 0 bridgehead atoms. The van der Waals surface area contributed by atoms with Crippen LogP contribution in [0.4, 0.5) is 0 Å². The van der Waals surface area contributed by atoms with Gasteiger partial charge in [-0.1, -0.05) is 23.4 Å². The van der Waals surface area contributed by atoms with E-state index in [-0.39, 0.29) is 5.84 Å². The molecule has 0 atom stereocenters. The average Bonchev–Trinajstić information content (AvgIpc) is 2.45. The molecular formula is C12H12N4OS. The van der Waals surface area contributed by atoms with Crippen molar-refractivity contribution in [2.75, 3.05) is 0 Å². The van der Waals surface area contributed by atoms with Gasteiger partial charge in [0.1, 0.15) is 6.33 Å². The first-order valence-electron chi connectivity index (χ1n) is 5.25. The van der Waals surface area contributed by atoms with Gasteiger partial charge >= 0.3 is 0 Å². The van der Waals surface area contributed by atoms with E-state index in [4.69, 9.17) is 10.9 Å². The van der Waals surface area contributed by atoms with Gasteiger partial charge in [0, 0.05) is 17.5 Å². The zero-order valence-corrected chi connectivity index (χ0v) is 10.3. The molecule has 2 aromatic rings. The zero-order valence-electron chi connectivity index (χ0n) is 9.52. The van der Waals surface area contributed by atoms with Crippen LogP contribution >= 0.6 is 11.8 Å². The quantitative estimate of drug-likeness (QED) is 0.219. The largest absolute Gasteiger partial charge is 0.409 e. The summed E-state index contributed by atoms with van der Waals surface area (Å²) in [6, 6.07) is 9.42. The molecule has 0 aliphatic heterocycles. The van der Waals surface area contributed by atoms with E-state index in [1.54, 1.807) is 24.0 Å². The third-order valence-corrected chi connectivity index (χ3v) is 3.29. The van der Waals surface area contributed by atoms with Crippen molar-refractivity contribution in [2.45, 2.75) is 10.8 Å². The Bertz CT molecular complexity index is 545. The fourth-order valence-corrected chi connectivity index (χ4v) is 2.17. The molecule has 0 saturated heterocycles. The molecule has 92 valence electrons. The van der Waals surface area contributed by atoms with E-state index in [0.717, 1.165) is 16.3 Å². The molecule has 0 unspecified atom stereocenters. The van der Waals surface area contributed by atoms with Crippen LogP contribution in [0.15, 0.2) is 53.0 Å². The van der Waals surface area contributed by atoms with Gasteiger partial charge in [-0.25, -0.2) is 9.97 Å². The fraction of sp³-hybridized carbons (Fsp3) is 0.0833. The first-order valence-corrected chi connectivity index (χ1v) is 6.24. The van der Waals surface area contributed by atoms with Crippen molar-refractivity contribution in [1.29, 1.82) is 0 Å². The van der Waals surface area contributed by atoms with Crippen LogP contribution < -0.4 is 5.73 Å². The lowest BCUT2D eigenvalue weighted by Gasteiger charge is -2.03. The molecule has 18 heavy (non-hydrogen) atoms. The van der Waals surface area contributed by atoms with Crippen molar-refractivity contribution in [3.05, 3.63) is 54.0 Å². The maximum absolute atomic E-state index is 8.63. The Morgan fingerprint density at radius 2 is 2.28 bits per heavy atom. The van der Waals surface area contributed by atoms with Crippen LogP contribution in [0.1, 0.15) is 11.1 Å². The van der Waals surface area contributed by atoms with Crippen LogP contribution in [0, 0.1) is 0 Å². The van der Waals surface area contributed by atoms with E-state index < -0.39 is 0 Å². The fourth-order valence-electron chi connectivity index (χ4n) is 1.40. The molecule has 1 aromatic heterocycles.